The van der Waals surface area contributed by atoms with E-state index in [1.165, 1.54) is 12.1 Å². The summed E-state index contributed by atoms with van der Waals surface area (Å²) in [6, 6.07) is 4.45. The predicted molar refractivity (Wildman–Crippen MR) is 94.3 cm³/mol. The highest BCUT2D eigenvalue weighted by Gasteiger charge is 2.45. The maximum absolute atomic E-state index is 14.5. The number of nitrogens with zero attached hydrogens (tertiary/aromatic N) is 2. The average Bonchev–Trinajstić information content (AvgIpc) is 2.44. The molecule has 1 unspecified atom stereocenters. The Morgan fingerprint density at radius 1 is 1.24 bits per heavy atom. The van der Waals surface area contributed by atoms with Gasteiger partial charge >= 0.3 is 0 Å². The summed E-state index contributed by atoms with van der Waals surface area (Å²) >= 11 is 6.24. The van der Waals surface area contributed by atoms with Gasteiger partial charge in [0.1, 0.15) is 5.82 Å². The Morgan fingerprint density at radius 3 is 2.52 bits per heavy atom. The Bertz CT molecular complexity index is 765. The Labute approximate surface area is 152 Å². The Hall–Kier alpha value is -1.72. The normalized spacial score (nSPS) is 23.3. The van der Waals surface area contributed by atoms with E-state index < -0.39 is 11.7 Å². The topological polar surface area (TPSA) is 40.6 Å². The molecule has 1 atom stereocenters. The molecule has 0 aromatic heterocycles. The average molecular weight is 365 g/mol. The van der Waals surface area contributed by atoms with E-state index >= 15 is 0 Å². The zero-order valence-electron chi connectivity index (χ0n) is 14.9. The highest BCUT2D eigenvalue weighted by atomic mass is 35.5. The largest absolute Gasteiger partial charge is 0.294 e. The van der Waals surface area contributed by atoms with E-state index in [4.69, 9.17) is 11.6 Å². The minimum Gasteiger partial charge on any atom is -0.294 e. The molecule has 1 aromatic rings. The van der Waals surface area contributed by atoms with E-state index in [-0.39, 0.29) is 34.1 Å². The first-order valence-corrected chi connectivity index (χ1v) is 8.70. The highest BCUT2D eigenvalue weighted by Crippen LogP contribution is 2.48. The van der Waals surface area contributed by atoms with Gasteiger partial charge in [0, 0.05) is 54.7 Å². The predicted octanol–water partition coefficient (Wildman–Crippen LogP) is 3.91. The highest BCUT2D eigenvalue weighted by molar-refractivity contribution is 6.31. The summed E-state index contributed by atoms with van der Waals surface area (Å²) in [6.45, 7) is 4.01. The van der Waals surface area contributed by atoms with Crippen molar-refractivity contribution < 1.29 is 14.0 Å². The van der Waals surface area contributed by atoms with Gasteiger partial charge in [-0.15, -0.1) is 0 Å². The third kappa shape index (κ3) is 3.11. The van der Waals surface area contributed by atoms with Crippen LogP contribution in [0.1, 0.15) is 44.6 Å². The first-order chi connectivity index (χ1) is 11.6. The molecule has 1 heterocycles. The van der Waals surface area contributed by atoms with Crippen LogP contribution in [0.15, 0.2) is 29.5 Å². The summed E-state index contributed by atoms with van der Waals surface area (Å²) < 4.78 is 14.5. The second-order valence-corrected chi connectivity index (χ2v) is 8.15. The van der Waals surface area contributed by atoms with E-state index in [1.54, 1.807) is 30.2 Å². The fourth-order valence-corrected chi connectivity index (χ4v) is 4.25. The molecule has 2 aliphatic rings. The lowest BCUT2D eigenvalue weighted by Gasteiger charge is -2.44. The van der Waals surface area contributed by atoms with E-state index in [0.29, 0.717) is 24.1 Å². The van der Waals surface area contributed by atoms with Crippen LogP contribution in [0, 0.1) is 11.2 Å². The molecule has 1 amide bonds. The molecule has 0 fully saturated rings. The smallest absolute Gasteiger partial charge is 0.242 e. The number of ketones is 1. The summed E-state index contributed by atoms with van der Waals surface area (Å²) in [7, 11) is 3.54. The molecule has 1 aliphatic heterocycles. The van der Waals surface area contributed by atoms with Crippen molar-refractivity contribution in [2.75, 3.05) is 14.1 Å². The lowest BCUT2D eigenvalue weighted by Crippen LogP contribution is -2.49. The van der Waals surface area contributed by atoms with Crippen molar-refractivity contribution in [1.82, 2.24) is 10.0 Å². The van der Waals surface area contributed by atoms with Crippen LogP contribution in [0.2, 0.25) is 5.02 Å². The van der Waals surface area contributed by atoms with Crippen LogP contribution in [0.3, 0.4) is 0 Å². The van der Waals surface area contributed by atoms with E-state index in [0.717, 1.165) is 0 Å². The molecule has 0 saturated carbocycles. The Kier molecular flexibility index (Phi) is 4.50. The molecule has 134 valence electrons. The number of amides is 1. The van der Waals surface area contributed by atoms with Crippen LogP contribution >= 0.6 is 11.6 Å². The van der Waals surface area contributed by atoms with Crippen LogP contribution in [-0.2, 0) is 9.59 Å². The van der Waals surface area contributed by atoms with Crippen molar-refractivity contribution in [2.45, 2.75) is 39.0 Å². The number of carbonyl (C=O) groups excluding carboxylic acids is 2. The summed E-state index contributed by atoms with van der Waals surface area (Å²) in [4.78, 5) is 25.7. The van der Waals surface area contributed by atoms with Gasteiger partial charge in [-0.25, -0.2) is 14.4 Å². The van der Waals surface area contributed by atoms with E-state index in [1.807, 2.05) is 13.8 Å². The number of rotatable bonds is 2. The lowest BCUT2D eigenvalue weighted by molar-refractivity contribution is -0.143. The monoisotopic (exact) mass is 364 g/mol. The molecule has 6 heteroatoms. The number of Topliss-reactive ketones (excluding diaryl/α,β-unsaturated/α-hetero) is 1. The van der Waals surface area contributed by atoms with Gasteiger partial charge < -0.3 is 0 Å². The summed E-state index contributed by atoms with van der Waals surface area (Å²) in [5.74, 6) is -1.29. The van der Waals surface area contributed by atoms with Crippen molar-refractivity contribution in [3.63, 3.8) is 0 Å². The van der Waals surface area contributed by atoms with Gasteiger partial charge in [0.2, 0.25) is 5.91 Å². The molecule has 4 nitrogen and oxygen atoms in total. The Balaban J connectivity index is 2.23. The van der Waals surface area contributed by atoms with Crippen molar-refractivity contribution >= 4 is 23.3 Å². The number of hydrogen-bond donors (Lipinski definition) is 0. The summed E-state index contributed by atoms with van der Waals surface area (Å²) in [5, 5.41) is 3.49. The third-order valence-corrected chi connectivity index (χ3v) is 5.19. The van der Waals surface area contributed by atoms with Gasteiger partial charge in [0.05, 0.1) is 0 Å². The van der Waals surface area contributed by atoms with Gasteiger partial charge in [-0.1, -0.05) is 31.5 Å². The molecule has 1 aromatic carbocycles. The quantitative estimate of drug-likeness (QED) is 0.798. The van der Waals surface area contributed by atoms with Crippen molar-refractivity contribution in [1.29, 1.82) is 0 Å². The first-order valence-electron chi connectivity index (χ1n) is 8.33. The maximum Gasteiger partial charge on any atom is 0.242 e. The van der Waals surface area contributed by atoms with Crippen LogP contribution in [0.25, 0.3) is 0 Å². The van der Waals surface area contributed by atoms with Gasteiger partial charge in [0.15, 0.2) is 5.78 Å². The number of hydrogen-bond acceptors (Lipinski definition) is 3. The molecule has 1 aliphatic carbocycles. The van der Waals surface area contributed by atoms with Gasteiger partial charge in [0.25, 0.3) is 0 Å². The number of carbonyl (C=O) groups is 2. The standard InChI is InChI=1S/C19H22ClFN2O2/c1-19(2)9-14-18(15(24)10-19)11(8-16(25)23(14)22(3)4)17-12(20)6-5-7-13(17)21/h5-7,11H,8-10H2,1-4H3. The molecule has 25 heavy (non-hydrogen) atoms. The van der Waals surface area contributed by atoms with Gasteiger partial charge in [-0.05, 0) is 24.0 Å². The van der Waals surface area contributed by atoms with Crippen molar-refractivity contribution in [3.8, 4) is 0 Å². The molecule has 0 saturated heterocycles. The number of allylic oxidation sites excluding steroid dienone is 2. The van der Waals surface area contributed by atoms with Crippen LogP contribution in [0.4, 0.5) is 4.39 Å². The molecule has 0 bridgehead atoms. The summed E-state index contributed by atoms with van der Waals surface area (Å²) in [6.07, 6.45) is 0.994. The molecule has 0 N–H and O–H groups in total. The molecular formula is C19H22ClFN2O2. The SMILES string of the molecule is CN(C)N1C(=O)CC(c2c(F)cccc2Cl)C2=C1CC(C)(C)CC2=O. The Morgan fingerprint density at radius 2 is 1.92 bits per heavy atom. The second-order valence-electron chi connectivity index (χ2n) is 7.75. The fourth-order valence-electron chi connectivity index (χ4n) is 3.95. The van der Waals surface area contributed by atoms with Gasteiger partial charge in [-0.3, -0.25) is 9.59 Å². The molecule has 0 radical (unpaired) electrons. The third-order valence-electron chi connectivity index (χ3n) is 4.86. The number of halogens is 2. The lowest BCUT2D eigenvalue weighted by atomic mass is 9.69. The van der Waals surface area contributed by atoms with E-state index in [2.05, 4.69) is 0 Å². The maximum atomic E-state index is 14.5. The number of benzene rings is 1. The minimum absolute atomic E-state index is 0.0316. The second kappa shape index (κ2) is 6.22. The zero-order chi connectivity index (χ0) is 18.5. The van der Waals surface area contributed by atoms with Crippen molar-refractivity contribution in [2.24, 2.45) is 5.41 Å². The number of hydrazine groups is 1. The summed E-state index contributed by atoms with van der Waals surface area (Å²) in [5.41, 5.74) is 1.20. The van der Waals surface area contributed by atoms with Crippen LogP contribution in [-0.4, -0.2) is 35.8 Å². The first kappa shape index (κ1) is 18.1. The zero-order valence-corrected chi connectivity index (χ0v) is 15.7. The molecule has 0 spiro atoms. The minimum atomic E-state index is -0.629. The molecule has 3 rings (SSSR count). The van der Waals surface area contributed by atoms with Crippen LogP contribution < -0.4 is 0 Å². The van der Waals surface area contributed by atoms with Crippen LogP contribution in [0.5, 0.6) is 0 Å². The molecular weight excluding hydrogens is 343 g/mol. The van der Waals surface area contributed by atoms with Gasteiger partial charge in [-0.2, -0.15) is 0 Å². The fraction of sp³-hybridized carbons (Fsp3) is 0.474. The van der Waals surface area contributed by atoms with Crippen molar-refractivity contribution in [3.05, 3.63) is 45.9 Å². The van der Waals surface area contributed by atoms with E-state index in [9.17, 15) is 14.0 Å².